The first kappa shape index (κ1) is 28.6. The Balaban J connectivity index is 1.13. The smallest absolute Gasteiger partial charge is 0.164 e. The predicted molar refractivity (Wildman–Crippen MR) is 209 cm³/mol. The van der Waals surface area contributed by atoms with Crippen molar-refractivity contribution in [1.29, 1.82) is 0 Å². The van der Waals surface area contributed by atoms with E-state index in [1.807, 2.05) is 18.2 Å². The second-order valence-corrected chi connectivity index (χ2v) is 13.6. The number of benzene rings is 7. The van der Waals surface area contributed by atoms with Crippen LogP contribution in [0.2, 0.25) is 0 Å². The molecular weight excluding hydrogens is 629 g/mol. The lowest BCUT2D eigenvalue weighted by Gasteiger charge is -2.10. The van der Waals surface area contributed by atoms with E-state index in [2.05, 4.69) is 156 Å². The Bertz CT molecular complexity index is 2850. The topological polar surface area (TPSA) is 43.6 Å². The van der Waals surface area contributed by atoms with E-state index in [0.29, 0.717) is 17.5 Å². The average molecular weight is 657 g/mol. The van der Waals surface area contributed by atoms with Crippen LogP contribution in [0.1, 0.15) is 0 Å². The fraction of sp³-hybridized carbons (Fsp3) is 0. The quantitative estimate of drug-likeness (QED) is 0.185. The van der Waals surface area contributed by atoms with Crippen molar-refractivity contribution in [3.05, 3.63) is 170 Å². The van der Waals surface area contributed by atoms with Crippen molar-refractivity contribution in [2.75, 3.05) is 0 Å². The van der Waals surface area contributed by atoms with Crippen molar-refractivity contribution < 1.29 is 0 Å². The summed E-state index contributed by atoms with van der Waals surface area (Å²) in [6.07, 6.45) is 0. The van der Waals surface area contributed by atoms with E-state index in [1.165, 1.54) is 36.7 Å². The highest BCUT2D eigenvalue weighted by molar-refractivity contribution is 7.25. The molecule has 0 aliphatic rings. The molecule has 0 bridgehead atoms. The molecule has 0 unspecified atom stereocenters. The maximum Gasteiger partial charge on any atom is 0.164 e. The number of para-hydroxylation sites is 1. The summed E-state index contributed by atoms with van der Waals surface area (Å²) in [4.78, 5) is 15.2. The van der Waals surface area contributed by atoms with E-state index in [0.717, 1.165) is 38.8 Å². The first-order valence-corrected chi connectivity index (χ1v) is 17.5. The van der Waals surface area contributed by atoms with E-state index < -0.39 is 0 Å². The van der Waals surface area contributed by atoms with Crippen molar-refractivity contribution in [3.63, 3.8) is 0 Å². The van der Waals surface area contributed by atoms with Gasteiger partial charge in [0.2, 0.25) is 0 Å². The minimum Gasteiger partial charge on any atom is -0.309 e. The van der Waals surface area contributed by atoms with Crippen LogP contribution < -0.4 is 0 Å². The summed E-state index contributed by atoms with van der Waals surface area (Å²) in [5, 5.41) is 4.87. The monoisotopic (exact) mass is 656 g/mol. The lowest BCUT2D eigenvalue weighted by Crippen LogP contribution is -2.00. The van der Waals surface area contributed by atoms with Crippen LogP contribution in [0.5, 0.6) is 0 Å². The zero-order chi connectivity index (χ0) is 33.0. The SMILES string of the molecule is c1ccc(-c2ccc(-n3c4ccccc4c4cc(-c5nc(-c6ccccc6)nc(-c6ccc7c(c6)sc6ccccc67)n5)ccc43)cc2)cc1. The Hall–Kier alpha value is -6.43. The highest BCUT2D eigenvalue weighted by Crippen LogP contribution is 2.38. The van der Waals surface area contributed by atoms with Gasteiger partial charge >= 0.3 is 0 Å². The molecule has 10 aromatic rings. The Morgan fingerprint density at radius 1 is 0.340 bits per heavy atom. The van der Waals surface area contributed by atoms with Gasteiger partial charge < -0.3 is 4.57 Å². The van der Waals surface area contributed by atoms with Gasteiger partial charge in [-0.15, -0.1) is 11.3 Å². The Morgan fingerprint density at radius 2 is 0.860 bits per heavy atom. The molecule has 0 saturated heterocycles. The summed E-state index contributed by atoms with van der Waals surface area (Å²) in [6, 6.07) is 59.8. The van der Waals surface area contributed by atoms with E-state index in [-0.39, 0.29) is 0 Å². The third-order valence-corrected chi connectivity index (χ3v) is 10.6. The van der Waals surface area contributed by atoms with Gasteiger partial charge in [0.1, 0.15) is 0 Å². The normalized spacial score (nSPS) is 11.6. The molecule has 0 saturated carbocycles. The molecular formula is C45H28N4S. The Kier molecular flexibility index (Phi) is 6.64. The first-order valence-electron chi connectivity index (χ1n) is 16.7. The maximum atomic E-state index is 5.13. The van der Waals surface area contributed by atoms with Gasteiger partial charge in [-0.3, -0.25) is 0 Å². The van der Waals surface area contributed by atoms with Crippen molar-refractivity contribution >= 4 is 53.3 Å². The van der Waals surface area contributed by atoms with Gasteiger partial charge in [-0.25, -0.2) is 15.0 Å². The summed E-state index contributed by atoms with van der Waals surface area (Å²) in [6.45, 7) is 0. The summed E-state index contributed by atoms with van der Waals surface area (Å²) in [5.74, 6) is 1.97. The van der Waals surface area contributed by atoms with Crippen LogP contribution in [0.3, 0.4) is 0 Å². The first-order chi connectivity index (χ1) is 24.8. The highest BCUT2D eigenvalue weighted by Gasteiger charge is 2.17. The lowest BCUT2D eigenvalue weighted by atomic mass is 10.1. The number of thiophene rings is 1. The number of rotatable bonds is 5. The van der Waals surface area contributed by atoms with Crippen LogP contribution in [-0.4, -0.2) is 19.5 Å². The lowest BCUT2D eigenvalue weighted by molar-refractivity contribution is 1.07. The molecule has 3 aromatic heterocycles. The number of hydrogen-bond donors (Lipinski definition) is 0. The maximum absolute atomic E-state index is 5.13. The Labute approximate surface area is 292 Å². The number of nitrogens with zero attached hydrogens (tertiary/aromatic N) is 4. The van der Waals surface area contributed by atoms with Crippen LogP contribution in [0.25, 0.3) is 93.0 Å². The van der Waals surface area contributed by atoms with Crippen LogP contribution >= 0.6 is 11.3 Å². The van der Waals surface area contributed by atoms with E-state index in [4.69, 9.17) is 15.0 Å². The molecule has 0 radical (unpaired) electrons. The summed E-state index contributed by atoms with van der Waals surface area (Å²) in [7, 11) is 0. The molecule has 50 heavy (non-hydrogen) atoms. The summed E-state index contributed by atoms with van der Waals surface area (Å²) < 4.78 is 4.84. The van der Waals surface area contributed by atoms with Gasteiger partial charge in [0.15, 0.2) is 17.5 Å². The van der Waals surface area contributed by atoms with Gasteiger partial charge in [-0.05, 0) is 59.7 Å². The highest BCUT2D eigenvalue weighted by atomic mass is 32.1. The summed E-state index contributed by atoms with van der Waals surface area (Å²) in [5.41, 5.74) is 8.70. The fourth-order valence-electron chi connectivity index (χ4n) is 7.04. The van der Waals surface area contributed by atoms with Crippen LogP contribution in [-0.2, 0) is 0 Å². The summed E-state index contributed by atoms with van der Waals surface area (Å²) >= 11 is 1.80. The fourth-order valence-corrected chi connectivity index (χ4v) is 8.18. The molecule has 0 fully saturated rings. The third kappa shape index (κ3) is 4.79. The second-order valence-electron chi connectivity index (χ2n) is 12.5. The zero-order valence-electron chi connectivity index (χ0n) is 26.9. The molecule has 10 rings (SSSR count). The zero-order valence-corrected chi connectivity index (χ0v) is 27.7. The van der Waals surface area contributed by atoms with Gasteiger partial charge in [0, 0.05) is 53.3 Å². The average Bonchev–Trinajstić information content (AvgIpc) is 3.73. The van der Waals surface area contributed by atoms with E-state index >= 15 is 0 Å². The molecule has 0 N–H and O–H groups in total. The van der Waals surface area contributed by atoms with E-state index in [1.54, 1.807) is 11.3 Å². The minimum atomic E-state index is 0.649. The van der Waals surface area contributed by atoms with Crippen LogP contribution in [0.4, 0.5) is 0 Å². The van der Waals surface area contributed by atoms with Gasteiger partial charge in [0.25, 0.3) is 0 Å². The molecule has 4 nitrogen and oxygen atoms in total. The standard InChI is InChI=1S/C45H28N4S/c1-3-11-29(12-4-1)30-19-23-34(24-20-30)49-39-17-9-7-15-35(39)38-27-32(22-26-40(38)49)44-46-43(31-13-5-2-6-14-31)47-45(48-44)33-21-25-37-36-16-8-10-18-41(36)50-42(37)28-33/h1-28H. The van der Waals surface area contributed by atoms with Crippen molar-refractivity contribution in [3.8, 4) is 51.0 Å². The Morgan fingerprint density at radius 3 is 1.62 bits per heavy atom. The van der Waals surface area contributed by atoms with Gasteiger partial charge in [-0.2, -0.15) is 0 Å². The second kappa shape index (κ2) is 11.6. The van der Waals surface area contributed by atoms with Crippen molar-refractivity contribution in [2.45, 2.75) is 0 Å². The molecule has 3 heterocycles. The molecule has 234 valence electrons. The molecule has 7 aromatic carbocycles. The molecule has 0 aliphatic heterocycles. The number of hydrogen-bond acceptors (Lipinski definition) is 4. The number of fused-ring (bicyclic) bond motifs is 6. The third-order valence-electron chi connectivity index (χ3n) is 9.47. The molecule has 0 spiro atoms. The molecule has 0 amide bonds. The van der Waals surface area contributed by atoms with Gasteiger partial charge in [0.05, 0.1) is 11.0 Å². The molecule has 0 aliphatic carbocycles. The van der Waals surface area contributed by atoms with E-state index in [9.17, 15) is 0 Å². The van der Waals surface area contributed by atoms with Crippen molar-refractivity contribution in [1.82, 2.24) is 19.5 Å². The minimum absolute atomic E-state index is 0.649. The van der Waals surface area contributed by atoms with Crippen LogP contribution in [0, 0.1) is 0 Å². The van der Waals surface area contributed by atoms with Crippen LogP contribution in [0.15, 0.2) is 170 Å². The molecule has 0 atom stereocenters. The number of aromatic nitrogens is 4. The molecule has 5 heteroatoms. The predicted octanol–water partition coefficient (Wildman–Crippen LogP) is 12.0. The van der Waals surface area contributed by atoms with Crippen molar-refractivity contribution in [2.24, 2.45) is 0 Å². The largest absolute Gasteiger partial charge is 0.309 e. The van der Waals surface area contributed by atoms with Gasteiger partial charge in [-0.1, -0.05) is 121 Å².